The summed E-state index contributed by atoms with van der Waals surface area (Å²) in [4.78, 5) is 17.3. The van der Waals surface area contributed by atoms with Crippen molar-refractivity contribution in [3.05, 3.63) is 63.1 Å². The first-order valence-corrected chi connectivity index (χ1v) is 13.7. The van der Waals surface area contributed by atoms with Gasteiger partial charge in [-0.05, 0) is 48.7 Å². The number of carbonyl (C=O) groups excluding carboxylic acids is 1. The summed E-state index contributed by atoms with van der Waals surface area (Å²) < 4.78 is 27.5. The number of rotatable bonds is 5. The van der Waals surface area contributed by atoms with Crippen LogP contribution in [0.25, 0.3) is 0 Å². The maximum atomic E-state index is 13.2. The molecule has 0 N–H and O–H groups in total. The molecule has 2 heterocycles. The quantitative estimate of drug-likeness (QED) is 0.570. The molecule has 2 aliphatic rings. The predicted molar refractivity (Wildman–Crippen MR) is 134 cm³/mol. The number of sulfonamides is 1. The summed E-state index contributed by atoms with van der Waals surface area (Å²) in [7, 11) is -3.60. The average molecular weight is 531 g/mol. The van der Waals surface area contributed by atoms with Crippen LogP contribution in [0.3, 0.4) is 0 Å². The van der Waals surface area contributed by atoms with E-state index in [1.807, 2.05) is 29.2 Å². The van der Waals surface area contributed by atoms with E-state index < -0.39 is 10.0 Å². The number of carbonyl (C=O) groups is 1. The second-order valence-corrected chi connectivity index (χ2v) is 11.7. The fraction of sp³-hybridized carbons (Fsp3) is 0.435. The number of benzene rings is 2. The molecule has 2 aliphatic heterocycles. The minimum Gasteiger partial charge on any atom is -0.368 e. The van der Waals surface area contributed by atoms with Gasteiger partial charge in [-0.3, -0.25) is 4.79 Å². The van der Waals surface area contributed by atoms with Gasteiger partial charge in [0, 0.05) is 60.0 Å². The molecule has 0 bridgehead atoms. The smallest absolute Gasteiger partial charge is 0.227 e. The van der Waals surface area contributed by atoms with E-state index in [9.17, 15) is 13.2 Å². The van der Waals surface area contributed by atoms with E-state index in [0.717, 1.165) is 18.8 Å². The van der Waals surface area contributed by atoms with Crippen molar-refractivity contribution in [1.29, 1.82) is 0 Å². The molecule has 1 amide bonds. The summed E-state index contributed by atoms with van der Waals surface area (Å²) in [6.45, 7) is 3.27. The van der Waals surface area contributed by atoms with Crippen LogP contribution in [0.2, 0.25) is 15.1 Å². The zero-order valence-electron chi connectivity index (χ0n) is 18.1. The minimum atomic E-state index is -3.60. The second kappa shape index (κ2) is 10.4. The van der Waals surface area contributed by atoms with Gasteiger partial charge in [0.05, 0.1) is 11.7 Å². The van der Waals surface area contributed by atoms with Crippen molar-refractivity contribution >= 4 is 56.4 Å². The molecule has 1 atom stereocenters. The largest absolute Gasteiger partial charge is 0.368 e. The zero-order chi connectivity index (χ0) is 23.6. The average Bonchev–Trinajstić information content (AvgIpc) is 2.81. The van der Waals surface area contributed by atoms with Gasteiger partial charge in [-0.25, -0.2) is 12.7 Å². The highest BCUT2D eigenvalue weighted by Crippen LogP contribution is 2.28. The number of halogens is 3. The SMILES string of the molecule is O=C([C@@H]1CCCN(S(=O)(=O)Cc2ccc(Cl)cc2Cl)C1)N1CCN(c2cccc(Cl)c2)CC1. The molecule has 6 nitrogen and oxygen atoms in total. The first-order valence-electron chi connectivity index (χ1n) is 10.9. The van der Waals surface area contributed by atoms with Crippen molar-refractivity contribution < 1.29 is 13.2 Å². The predicted octanol–water partition coefficient (Wildman–Crippen LogP) is 4.54. The summed E-state index contributed by atoms with van der Waals surface area (Å²) in [6.07, 6.45) is 1.35. The Morgan fingerprint density at radius 1 is 0.939 bits per heavy atom. The summed E-state index contributed by atoms with van der Waals surface area (Å²) in [5.74, 6) is -0.500. The van der Waals surface area contributed by atoms with Crippen LogP contribution in [0, 0.1) is 5.92 Å². The van der Waals surface area contributed by atoms with Gasteiger partial charge >= 0.3 is 0 Å². The Morgan fingerprint density at radius 2 is 1.67 bits per heavy atom. The maximum absolute atomic E-state index is 13.2. The monoisotopic (exact) mass is 529 g/mol. The van der Waals surface area contributed by atoms with Gasteiger partial charge in [0.15, 0.2) is 0 Å². The minimum absolute atomic E-state index is 0.0326. The molecular formula is C23H26Cl3N3O3S. The lowest BCUT2D eigenvalue weighted by atomic mass is 9.97. The zero-order valence-corrected chi connectivity index (χ0v) is 21.2. The lowest BCUT2D eigenvalue weighted by molar-refractivity contribution is -0.137. The Hall–Kier alpha value is -1.51. The van der Waals surface area contributed by atoms with Crippen LogP contribution in [0.1, 0.15) is 18.4 Å². The molecular weight excluding hydrogens is 505 g/mol. The van der Waals surface area contributed by atoms with E-state index in [4.69, 9.17) is 34.8 Å². The number of piperazine rings is 1. The van der Waals surface area contributed by atoms with E-state index in [1.165, 1.54) is 4.31 Å². The number of hydrogen-bond donors (Lipinski definition) is 0. The highest BCUT2D eigenvalue weighted by Gasteiger charge is 2.35. The van der Waals surface area contributed by atoms with Gasteiger partial charge < -0.3 is 9.80 Å². The van der Waals surface area contributed by atoms with Crippen LogP contribution < -0.4 is 4.90 Å². The number of nitrogens with zero attached hydrogens (tertiary/aromatic N) is 3. The maximum Gasteiger partial charge on any atom is 0.227 e. The van der Waals surface area contributed by atoms with Crippen LogP contribution in [0.5, 0.6) is 0 Å². The molecule has 0 aromatic heterocycles. The Balaban J connectivity index is 1.36. The van der Waals surface area contributed by atoms with Crippen molar-refractivity contribution in [3.8, 4) is 0 Å². The molecule has 33 heavy (non-hydrogen) atoms. The van der Waals surface area contributed by atoms with E-state index in [1.54, 1.807) is 18.2 Å². The number of hydrogen-bond acceptors (Lipinski definition) is 4. The molecule has 0 aliphatic carbocycles. The third kappa shape index (κ3) is 5.95. The molecule has 10 heteroatoms. The highest BCUT2D eigenvalue weighted by molar-refractivity contribution is 7.88. The molecule has 0 unspecified atom stereocenters. The molecule has 2 aromatic rings. The van der Waals surface area contributed by atoms with Crippen molar-refractivity contribution in [2.45, 2.75) is 18.6 Å². The van der Waals surface area contributed by atoms with Crippen LogP contribution >= 0.6 is 34.8 Å². The van der Waals surface area contributed by atoms with E-state index in [0.29, 0.717) is 53.1 Å². The summed E-state index contributed by atoms with van der Waals surface area (Å²) in [5.41, 5.74) is 1.55. The van der Waals surface area contributed by atoms with Gasteiger partial charge in [-0.15, -0.1) is 0 Å². The number of piperidine rings is 1. The summed E-state index contributed by atoms with van der Waals surface area (Å²) in [5, 5.41) is 1.47. The first-order chi connectivity index (χ1) is 15.7. The number of amides is 1. The Kier molecular flexibility index (Phi) is 7.76. The molecule has 2 fully saturated rings. The molecule has 0 spiro atoms. The first kappa shape index (κ1) is 24.6. The second-order valence-electron chi connectivity index (χ2n) is 8.48. The molecule has 2 saturated heterocycles. The van der Waals surface area contributed by atoms with Crippen LogP contribution in [-0.2, 0) is 20.6 Å². The Bertz CT molecular complexity index is 1120. The fourth-order valence-electron chi connectivity index (χ4n) is 4.44. The van der Waals surface area contributed by atoms with Gasteiger partial charge in [0.1, 0.15) is 0 Å². The van der Waals surface area contributed by atoms with Gasteiger partial charge in [0.25, 0.3) is 0 Å². The van der Waals surface area contributed by atoms with E-state index in [-0.39, 0.29) is 24.1 Å². The lowest BCUT2D eigenvalue weighted by Crippen LogP contribution is -2.53. The van der Waals surface area contributed by atoms with Crippen molar-refractivity contribution in [3.63, 3.8) is 0 Å². The normalized spacial score (nSPS) is 20.2. The number of anilines is 1. The summed E-state index contributed by atoms with van der Waals surface area (Å²) >= 11 is 18.2. The third-order valence-corrected chi connectivity index (χ3v) is 8.86. The molecule has 178 valence electrons. The van der Waals surface area contributed by atoms with Crippen LogP contribution in [0.15, 0.2) is 42.5 Å². The lowest BCUT2D eigenvalue weighted by Gasteiger charge is -2.39. The standard InChI is InChI=1S/C23H26Cl3N3O3S/c24-19-4-1-5-21(13-19)27-9-11-28(12-10-27)23(30)17-3-2-8-29(15-17)33(31,32)16-18-6-7-20(25)14-22(18)26/h1,4-7,13-14,17H,2-3,8-12,15-16H2/t17-/m1/s1. The summed E-state index contributed by atoms with van der Waals surface area (Å²) in [6, 6.07) is 12.5. The van der Waals surface area contributed by atoms with Gasteiger partial charge in [0.2, 0.25) is 15.9 Å². The van der Waals surface area contributed by atoms with Crippen molar-refractivity contribution in [1.82, 2.24) is 9.21 Å². The van der Waals surface area contributed by atoms with E-state index >= 15 is 0 Å². The molecule has 4 rings (SSSR count). The van der Waals surface area contributed by atoms with Crippen LogP contribution in [0.4, 0.5) is 5.69 Å². The molecule has 2 aromatic carbocycles. The van der Waals surface area contributed by atoms with Gasteiger partial charge in [-0.2, -0.15) is 0 Å². The van der Waals surface area contributed by atoms with Gasteiger partial charge in [-0.1, -0.05) is 46.9 Å². The highest BCUT2D eigenvalue weighted by atomic mass is 35.5. The fourth-order valence-corrected chi connectivity index (χ4v) is 6.82. The Labute approximate surface area is 210 Å². The van der Waals surface area contributed by atoms with Crippen LogP contribution in [-0.4, -0.2) is 62.8 Å². The Morgan fingerprint density at radius 3 is 2.36 bits per heavy atom. The van der Waals surface area contributed by atoms with Crippen molar-refractivity contribution in [2.75, 3.05) is 44.2 Å². The third-order valence-electron chi connectivity index (χ3n) is 6.24. The van der Waals surface area contributed by atoms with E-state index in [2.05, 4.69) is 4.90 Å². The topological polar surface area (TPSA) is 60.9 Å². The molecule has 0 radical (unpaired) electrons. The van der Waals surface area contributed by atoms with Crippen molar-refractivity contribution in [2.24, 2.45) is 5.92 Å². The molecule has 0 saturated carbocycles.